The van der Waals surface area contributed by atoms with E-state index in [1.165, 1.54) is 0 Å². The Morgan fingerprint density at radius 3 is 2.55 bits per heavy atom. The Labute approximate surface area is 132 Å². The number of aryl methyl sites for hydroxylation is 2. The summed E-state index contributed by atoms with van der Waals surface area (Å²) in [6, 6.07) is 3.91. The van der Waals surface area contributed by atoms with E-state index in [4.69, 9.17) is 4.74 Å². The van der Waals surface area contributed by atoms with Crippen LogP contribution in [0.4, 0.5) is 0 Å². The van der Waals surface area contributed by atoms with E-state index in [1.54, 1.807) is 17.5 Å². The highest BCUT2D eigenvalue weighted by atomic mass is 32.2. The van der Waals surface area contributed by atoms with E-state index in [-0.39, 0.29) is 0 Å². The molecule has 1 aromatic rings. The summed E-state index contributed by atoms with van der Waals surface area (Å²) in [5.74, 6) is 1.09. The molecule has 0 aliphatic carbocycles. The zero-order valence-corrected chi connectivity index (χ0v) is 14.5. The average Bonchev–Trinajstić information content (AvgIpc) is 3.02. The monoisotopic (exact) mass is 324 g/mol. The number of benzene rings is 1. The smallest absolute Gasteiger partial charge is 0.243 e. The third-order valence-electron chi connectivity index (χ3n) is 5.10. The van der Waals surface area contributed by atoms with Crippen molar-refractivity contribution in [2.75, 3.05) is 33.8 Å². The molecule has 2 aliphatic heterocycles. The number of ether oxygens (including phenoxy) is 1. The zero-order chi connectivity index (χ0) is 16.1. The van der Waals surface area contributed by atoms with Crippen LogP contribution in [0.1, 0.15) is 17.5 Å². The molecule has 2 atom stereocenters. The molecular weight excluding hydrogens is 300 g/mol. The van der Waals surface area contributed by atoms with Gasteiger partial charge < -0.3 is 9.64 Å². The largest absolute Gasteiger partial charge is 0.496 e. The number of fused-ring (bicyclic) bond motifs is 1. The second kappa shape index (κ2) is 5.51. The van der Waals surface area contributed by atoms with Crippen LogP contribution in [0.15, 0.2) is 17.0 Å². The summed E-state index contributed by atoms with van der Waals surface area (Å²) in [6.45, 7) is 6.08. The van der Waals surface area contributed by atoms with Gasteiger partial charge in [0, 0.05) is 25.2 Å². The Balaban J connectivity index is 1.94. The van der Waals surface area contributed by atoms with Crippen molar-refractivity contribution in [3.05, 3.63) is 23.3 Å². The number of hydrogen-bond acceptors (Lipinski definition) is 4. The molecule has 0 radical (unpaired) electrons. The van der Waals surface area contributed by atoms with Gasteiger partial charge >= 0.3 is 0 Å². The van der Waals surface area contributed by atoms with E-state index in [2.05, 4.69) is 11.9 Å². The molecule has 2 saturated heterocycles. The lowest BCUT2D eigenvalue weighted by Gasteiger charge is -2.22. The number of nitrogens with zero attached hydrogens (tertiary/aromatic N) is 2. The quantitative estimate of drug-likeness (QED) is 0.848. The summed E-state index contributed by atoms with van der Waals surface area (Å²) in [5, 5.41) is 0. The van der Waals surface area contributed by atoms with Gasteiger partial charge in [-0.3, -0.25) is 0 Å². The van der Waals surface area contributed by atoms with Gasteiger partial charge in [-0.05, 0) is 50.9 Å². The fraction of sp³-hybridized carbons (Fsp3) is 0.625. The molecule has 0 spiro atoms. The molecule has 0 bridgehead atoms. The number of hydrogen-bond donors (Lipinski definition) is 0. The number of likely N-dealkylation sites (tertiary alicyclic amines) is 1. The van der Waals surface area contributed by atoms with Gasteiger partial charge in [0.1, 0.15) is 5.75 Å². The maximum absolute atomic E-state index is 13.0. The normalized spacial score (nSPS) is 26.4. The molecule has 6 heteroatoms. The summed E-state index contributed by atoms with van der Waals surface area (Å²) >= 11 is 0. The van der Waals surface area contributed by atoms with Crippen LogP contribution in [-0.2, 0) is 10.0 Å². The Bertz CT molecular complexity index is 687. The number of likely N-dealkylation sites (N-methyl/N-ethyl adjacent to an activating group) is 1. The molecule has 5 nitrogen and oxygen atoms in total. The lowest BCUT2D eigenvalue weighted by molar-refractivity contribution is 0.297. The highest BCUT2D eigenvalue weighted by molar-refractivity contribution is 7.89. The molecule has 2 fully saturated rings. The fourth-order valence-corrected chi connectivity index (χ4v) is 5.52. The summed E-state index contributed by atoms with van der Waals surface area (Å²) in [6.07, 6.45) is 1.09. The first-order valence-electron chi connectivity index (χ1n) is 7.70. The van der Waals surface area contributed by atoms with Gasteiger partial charge in [0.2, 0.25) is 10.0 Å². The number of rotatable bonds is 3. The molecule has 0 aromatic heterocycles. The third kappa shape index (κ3) is 2.43. The molecule has 0 N–H and O–H groups in total. The van der Waals surface area contributed by atoms with Crippen LogP contribution in [-0.4, -0.2) is 57.5 Å². The van der Waals surface area contributed by atoms with Crippen molar-refractivity contribution in [1.82, 2.24) is 9.21 Å². The Morgan fingerprint density at radius 1 is 1.18 bits per heavy atom. The first-order valence-corrected chi connectivity index (χ1v) is 9.14. The summed E-state index contributed by atoms with van der Waals surface area (Å²) in [4.78, 5) is 2.65. The van der Waals surface area contributed by atoms with E-state index in [1.807, 2.05) is 19.9 Å². The standard InChI is InChI=1S/C16H24N2O3S/c1-11-7-12(2)16(8-15(11)21-4)22(19,20)18-9-13-5-6-17(3)14(13)10-18/h7-8,13-14H,5-6,9-10H2,1-4H3/t13-,14+/m0/s1. The van der Waals surface area contributed by atoms with Crippen molar-refractivity contribution in [1.29, 1.82) is 0 Å². The lowest BCUT2D eigenvalue weighted by atomic mass is 10.1. The highest BCUT2D eigenvalue weighted by Crippen LogP contribution is 2.35. The Hall–Kier alpha value is -1.11. The minimum absolute atomic E-state index is 0.363. The van der Waals surface area contributed by atoms with Crippen LogP contribution in [0, 0.1) is 19.8 Å². The summed E-state index contributed by atoms with van der Waals surface area (Å²) < 4.78 is 33.0. The second-order valence-corrected chi connectivity index (χ2v) is 8.41. The van der Waals surface area contributed by atoms with Gasteiger partial charge in [-0.25, -0.2) is 8.42 Å². The van der Waals surface area contributed by atoms with E-state index < -0.39 is 10.0 Å². The van der Waals surface area contributed by atoms with Gasteiger partial charge in [0.05, 0.1) is 12.0 Å². The van der Waals surface area contributed by atoms with Gasteiger partial charge in [0.25, 0.3) is 0 Å². The zero-order valence-electron chi connectivity index (χ0n) is 13.7. The molecule has 22 heavy (non-hydrogen) atoms. The predicted molar refractivity (Wildman–Crippen MR) is 85.8 cm³/mol. The molecule has 122 valence electrons. The molecule has 0 saturated carbocycles. The first-order chi connectivity index (χ1) is 10.3. The third-order valence-corrected chi connectivity index (χ3v) is 7.08. The lowest BCUT2D eigenvalue weighted by Crippen LogP contribution is -2.35. The van der Waals surface area contributed by atoms with Crippen molar-refractivity contribution in [2.45, 2.75) is 31.2 Å². The summed E-state index contributed by atoms with van der Waals surface area (Å²) in [5.41, 5.74) is 1.74. The van der Waals surface area contributed by atoms with Crippen molar-refractivity contribution < 1.29 is 13.2 Å². The van der Waals surface area contributed by atoms with E-state index in [0.717, 1.165) is 24.1 Å². The minimum atomic E-state index is -3.46. The van der Waals surface area contributed by atoms with Crippen molar-refractivity contribution in [2.24, 2.45) is 5.92 Å². The Kier molecular flexibility index (Phi) is 3.95. The fourth-order valence-electron chi connectivity index (χ4n) is 3.78. The predicted octanol–water partition coefficient (Wildman–Crippen LogP) is 1.64. The van der Waals surface area contributed by atoms with Crippen molar-refractivity contribution >= 4 is 10.0 Å². The van der Waals surface area contributed by atoms with Crippen LogP contribution in [0.2, 0.25) is 0 Å². The van der Waals surface area contributed by atoms with Gasteiger partial charge in [-0.1, -0.05) is 6.07 Å². The second-order valence-electron chi connectivity index (χ2n) is 6.51. The average molecular weight is 324 g/mol. The molecule has 3 rings (SSSR count). The van der Waals surface area contributed by atoms with Crippen LogP contribution >= 0.6 is 0 Å². The topological polar surface area (TPSA) is 49.9 Å². The van der Waals surface area contributed by atoms with Gasteiger partial charge in [-0.2, -0.15) is 4.31 Å². The SMILES string of the molecule is COc1cc(S(=O)(=O)N2C[C@@H]3CCN(C)[C@@H]3C2)c(C)cc1C. The minimum Gasteiger partial charge on any atom is -0.496 e. The van der Waals surface area contributed by atoms with Crippen LogP contribution in [0.3, 0.4) is 0 Å². The highest BCUT2D eigenvalue weighted by Gasteiger charge is 2.44. The van der Waals surface area contributed by atoms with Gasteiger partial charge in [-0.15, -0.1) is 0 Å². The Morgan fingerprint density at radius 2 is 1.91 bits per heavy atom. The summed E-state index contributed by atoms with van der Waals surface area (Å²) in [7, 11) is 0.199. The molecule has 0 unspecified atom stereocenters. The molecule has 2 heterocycles. The maximum Gasteiger partial charge on any atom is 0.243 e. The van der Waals surface area contributed by atoms with E-state index >= 15 is 0 Å². The van der Waals surface area contributed by atoms with Crippen LogP contribution in [0.25, 0.3) is 0 Å². The molecule has 1 aromatic carbocycles. The van der Waals surface area contributed by atoms with Crippen molar-refractivity contribution in [3.8, 4) is 5.75 Å². The van der Waals surface area contributed by atoms with Gasteiger partial charge in [0.15, 0.2) is 0 Å². The number of sulfonamides is 1. The molecule has 0 amide bonds. The van der Waals surface area contributed by atoms with Crippen LogP contribution in [0.5, 0.6) is 5.75 Å². The molecule has 2 aliphatic rings. The van der Waals surface area contributed by atoms with E-state index in [9.17, 15) is 8.42 Å². The van der Waals surface area contributed by atoms with Crippen LogP contribution < -0.4 is 4.74 Å². The number of methoxy groups -OCH3 is 1. The van der Waals surface area contributed by atoms with Crippen molar-refractivity contribution in [3.63, 3.8) is 0 Å². The first kappa shape index (κ1) is 15.8. The maximum atomic E-state index is 13.0. The van der Waals surface area contributed by atoms with E-state index in [0.29, 0.717) is 35.7 Å². The molecular formula is C16H24N2O3S.